The number of guanidine groups is 1. The Bertz CT molecular complexity index is 847. The van der Waals surface area contributed by atoms with Gasteiger partial charge in [0.25, 0.3) is 0 Å². The van der Waals surface area contributed by atoms with Gasteiger partial charge in [-0.2, -0.15) is 5.10 Å². The van der Waals surface area contributed by atoms with E-state index in [1.807, 2.05) is 19.1 Å². The number of hydrogen-bond donors (Lipinski definition) is 2. The molecule has 0 radical (unpaired) electrons. The number of hydrogen-bond acceptors (Lipinski definition) is 4. The first-order valence-corrected chi connectivity index (χ1v) is 11.5. The SMILES string of the molecule is CCNC(=NCC(c1ccccc1OC)N1CCCC1)NCCCn1nc(C)cc1C.I. The normalized spacial score (nSPS) is 15.3. The van der Waals surface area contributed by atoms with Gasteiger partial charge in [0.1, 0.15) is 5.75 Å². The largest absolute Gasteiger partial charge is 0.496 e. The van der Waals surface area contributed by atoms with Crippen LogP contribution >= 0.6 is 24.0 Å². The van der Waals surface area contributed by atoms with Crippen LogP contribution in [-0.2, 0) is 6.54 Å². The predicted molar refractivity (Wildman–Crippen MR) is 142 cm³/mol. The van der Waals surface area contributed by atoms with E-state index in [4.69, 9.17) is 9.73 Å². The van der Waals surface area contributed by atoms with Gasteiger partial charge in [0.2, 0.25) is 0 Å². The van der Waals surface area contributed by atoms with Crippen LogP contribution in [0.1, 0.15) is 49.2 Å². The van der Waals surface area contributed by atoms with E-state index < -0.39 is 0 Å². The summed E-state index contributed by atoms with van der Waals surface area (Å²) in [5, 5.41) is 11.4. The molecule has 7 nitrogen and oxygen atoms in total. The van der Waals surface area contributed by atoms with Gasteiger partial charge >= 0.3 is 0 Å². The molecule has 0 aliphatic carbocycles. The third-order valence-corrected chi connectivity index (χ3v) is 5.79. The number of methoxy groups -OCH3 is 1. The van der Waals surface area contributed by atoms with E-state index in [9.17, 15) is 0 Å². The van der Waals surface area contributed by atoms with Gasteiger partial charge in [-0.25, -0.2) is 0 Å². The van der Waals surface area contributed by atoms with E-state index in [-0.39, 0.29) is 30.0 Å². The Morgan fingerprint density at radius 2 is 1.94 bits per heavy atom. The average molecular weight is 555 g/mol. The molecule has 3 rings (SSSR count). The summed E-state index contributed by atoms with van der Waals surface area (Å²) >= 11 is 0. The second kappa shape index (κ2) is 13.7. The maximum atomic E-state index is 5.66. The van der Waals surface area contributed by atoms with Crippen LogP contribution in [0.15, 0.2) is 35.3 Å². The van der Waals surface area contributed by atoms with Crippen molar-refractivity contribution in [1.82, 2.24) is 25.3 Å². The summed E-state index contributed by atoms with van der Waals surface area (Å²) in [6.45, 7) is 11.8. The molecule has 1 saturated heterocycles. The van der Waals surface area contributed by atoms with Crippen molar-refractivity contribution in [3.05, 3.63) is 47.3 Å². The minimum absolute atomic E-state index is 0. The van der Waals surface area contributed by atoms with E-state index in [1.54, 1.807) is 7.11 Å². The molecule has 1 aromatic heterocycles. The van der Waals surface area contributed by atoms with Crippen molar-refractivity contribution in [3.63, 3.8) is 0 Å². The maximum Gasteiger partial charge on any atom is 0.191 e. The second-order valence-electron chi connectivity index (χ2n) is 8.15. The molecular formula is C24H39IN6O. The van der Waals surface area contributed by atoms with E-state index >= 15 is 0 Å². The second-order valence-corrected chi connectivity index (χ2v) is 8.15. The summed E-state index contributed by atoms with van der Waals surface area (Å²) in [5.74, 6) is 1.81. The molecule has 1 atom stereocenters. The summed E-state index contributed by atoms with van der Waals surface area (Å²) in [4.78, 5) is 7.49. The molecule has 32 heavy (non-hydrogen) atoms. The molecule has 1 unspecified atom stereocenters. The van der Waals surface area contributed by atoms with E-state index in [2.05, 4.69) is 57.4 Å². The Morgan fingerprint density at radius 1 is 1.19 bits per heavy atom. The Morgan fingerprint density at radius 3 is 2.59 bits per heavy atom. The number of aromatic nitrogens is 2. The molecule has 1 aliphatic heterocycles. The van der Waals surface area contributed by atoms with Crippen molar-refractivity contribution in [2.24, 2.45) is 4.99 Å². The molecule has 178 valence electrons. The molecular weight excluding hydrogens is 515 g/mol. The van der Waals surface area contributed by atoms with Crippen LogP contribution in [0.2, 0.25) is 0 Å². The third kappa shape index (κ3) is 7.37. The monoisotopic (exact) mass is 554 g/mol. The number of likely N-dealkylation sites (tertiary alicyclic amines) is 1. The lowest BCUT2D eigenvalue weighted by Crippen LogP contribution is -2.39. The molecule has 1 aromatic carbocycles. The number of nitrogens with one attached hydrogen (secondary N) is 2. The number of rotatable bonds is 10. The molecule has 1 aliphatic rings. The lowest BCUT2D eigenvalue weighted by atomic mass is 10.0. The third-order valence-electron chi connectivity index (χ3n) is 5.79. The van der Waals surface area contributed by atoms with Crippen LogP contribution in [0.25, 0.3) is 0 Å². The summed E-state index contributed by atoms with van der Waals surface area (Å²) in [6.07, 6.45) is 3.49. The van der Waals surface area contributed by atoms with Crippen LogP contribution in [0.4, 0.5) is 0 Å². The smallest absolute Gasteiger partial charge is 0.191 e. The zero-order valence-corrected chi connectivity index (χ0v) is 22.3. The van der Waals surface area contributed by atoms with Gasteiger partial charge in [0, 0.05) is 30.9 Å². The number of para-hydroxylation sites is 1. The van der Waals surface area contributed by atoms with Crippen molar-refractivity contribution < 1.29 is 4.74 Å². The lowest BCUT2D eigenvalue weighted by molar-refractivity contribution is 0.245. The van der Waals surface area contributed by atoms with Crippen LogP contribution in [0.5, 0.6) is 5.75 Å². The fourth-order valence-corrected chi connectivity index (χ4v) is 4.26. The highest BCUT2D eigenvalue weighted by molar-refractivity contribution is 14.0. The standard InChI is InChI=1S/C24H38N6O.HI/c1-5-25-24(26-13-10-16-30-20(3)17-19(2)28-30)27-18-22(29-14-8-9-15-29)21-11-6-7-12-23(21)31-4;/h6-7,11-12,17,22H,5,8-10,13-16,18H2,1-4H3,(H2,25,26,27);1H. The molecule has 2 N–H and O–H groups in total. The van der Waals surface area contributed by atoms with E-state index in [0.29, 0.717) is 6.54 Å². The number of aryl methyl sites for hydroxylation is 3. The van der Waals surface area contributed by atoms with Gasteiger partial charge in [0.05, 0.1) is 25.4 Å². The highest BCUT2D eigenvalue weighted by Crippen LogP contribution is 2.31. The number of benzene rings is 1. The summed E-state index contributed by atoms with van der Waals surface area (Å²) in [7, 11) is 1.75. The Kier molecular flexibility index (Phi) is 11.3. The van der Waals surface area contributed by atoms with E-state index in [0.717, 1.165) is 56.5 Å². The fourth-order valence-electron chi connectivity index (χ4n) is 4.26. The van der Waals surface area contributed by atoms with Crippen LogP contribution in [0, 0.1) is 13.8 Å². The topological polar surface area (TPSA) is 66.7 Å². The van der Waals surface area contributed by atoms with Crippen LogP contribution in [-0.4, -0.2) is 60.5 Å². The molecule has 0 bridgehead atoms. The molecule has 8 heteroatoms. The van der Waals surface area contributed by atoms with Gasteiger partial charge in [-0.3, -0.25) is 14.6 Å². The number of nitrogens with zero attached hydrogens (tertiary/aromatic N) is 4. The zero-order valence-electron chi connectivity index (χ0n) is 19.9. The first kappa shape index (κ1) is 26.4. The first-order valence-electron chi connectivity index (χ1n) is 11.5. The van der Waals surface area contributed by atoms with Crippen molar-refractivity contribution in [2.75, 3.05) is 39.8 Å². The Balaban J connectivity index is 0.00000363. The predicted octanol–water partition coefficient (Wildman–Crippen LogP) is 3.91. The van der Waals surface area contributed by atoms with E-state index in [1.165, 1.54) is 24.1 Å². The Labute approximate surface area is 210 Å². The van der Waals surface area contributed by atoms with Gasteiger partial charge in [-0.05, 0) is 65.3 Å². The van der Waals surface area contributed by atoms with Gasteiger partial charge in [0.15, 0.2) is 5.96 Å². The molecule has 0 spiro atoms. The summed E-state index contributed by atoms with van der Waals surface area (Å²) in [5.41, 5.74) is 3.50. The highest BCUT2D eigenvalue weighted by atomic mass is 127. The summed E-state index contributed by atoms with van der Waals surface area (Å²) in [6, 6.07) is 10.7. The van der Waals surface area contributed by atoms with Crippen LogP contribution < -0.4 is 15.4 Å². The molecule has 2 heterocycles. The Hall–Kier alpha value is -1.81. The molecule has 0 saturated carbocycles. The quantitative estimate of drug-likeness (QED) is 0.202. The van der Waals surface area contributed by atoms with Crippen molar-refractivity contribution >= 4 is 29.9 Å². The first-order chi connectivity index (χ1) is 15.1. The average Bonchev–Trinajstić information content (AvgIpc) is 3.41. The number of aliphatic imine (C=N–C) groups is 1. The van der Waals surface area contributed by atoms with Crippen LogP contribution in [0.3, 0.4) is 0 Å². The number of halogens is 1. The van der Waals surface area contributed by atoms with Gasteiger partial charge in [-0.1, -0.05) is 18.2 Å². The zero-order chi connectivity index (χ0) is 22.1. The van der Waals surface area contributed by atoms with Crippen molar-refractivity contribution in [3.8, 4) is 5.75 Å². The highest BCUT2D eigenvalue weighted by Gasteiger charge is 2.25. The minimum atomic E-state index is 0. The van der Waals surface area contributed by atoms with Crippen molar-refractivity contribution in [1.29, 1.82) is 0 Å². The van der Waals surface area contributed by atoms with Gasteiger partial charge < -0.3 is 15.4 Å². The van der Waals surface area contributed by atoms with Gasteiger partial charge in [-0.15, -0.1) is 24.0 Å². The molecule has 1 fully saturated rings. The molecule has 2 aromatic rings. The van der Waals surface area contributed by atoms with Crippen molar-refractivity contribution in [2.45, 2.75) is 52.6 Å². The lowest BCUT2D eigenvalue weighted by Gasteiger charge is -2.28. The maximum absolute atomic E-state index is 5.66. The summed E-state index contributed by atoms with van der Waals surface area (Å²) < 4.78 is 7.73. The fraction of sp³-hybridized carbons (Fsp3) is 0.583. The minimum Gasteiger partial charge on any atom is -0.496 e. The molecule has 0 amide bonds. The number of ether oxygens (including phenoxy) is 1.